The van der Waals surface area contributed by atoms with Crippen LogP contribution in [-0.4, -0.2) is 43.5 Å². The van der Waals surface area contributed by atoms with Crippen LogP contribution >= 0.6 is 0 Å². The first-order valence-electron chi connectivity index (χ1n) is 8.93. The Hall–Kier alpha value is -2.66. The highest BCUT2D eigenvalue weighted by Crippen LogP contribution is 2.18. The normalized spacial score (nSPS) is 13.7. The number of hydrogen-bond donors (Lipinski definition) is 1. The molecule has 0 unspecified atom stereocenters. The van der Waals surface area contributed by atoms with Crippen molar-refractivity contribution >= 4 is 11.9 Å². The van der Waals surface area contributed by atoms with Crippen LogP contribution in [0.4, 0.5) is 0 Å². The van der Waals surface area contributed by atoms with Gasteiger partial charge in [0, 0.05) is 31.7 Å². The zero-order valence-electron chi connectivity index (χ0n) is 15.0. The summed E-state index contributed by atoms with van der Waals surface area (Å²) in [6.45, 7) is 3.66. The zero-order valence-corrected chi connectivity index (χ0v) is 15.0. The van der Waals surface area contributed by atoms with E-state index >= 15 is 0 Å². The first-order valence-corrected chi connectivity index (χ1v) is 8.93. The Kier molecular flexibility index (Phi) is 6.02. The molecule has 0 radical (unpaired) electrons. The number of amides is 1. The van der Waals surface area contributed by atoms with Crippen molar-refractivity contribution in [1.29, 1.82) is 0 Å². The molecule has 1 N–H and O–H groups in total. The number of fused-ring (bicyclic) bond motifs is 1. The Morgan fingerprint density at radius 3 is 2.46 bits per heavy atom. The second kappa shape index (κ2) is 8.63. The lowest BCUT2D eigenvalue weighted by Crippen LogP contribution is -2.33. The lowest BCUT2D eigenvalue weighted by molar-refractivity contribution is 0.0600. The molecule has 2 aromatic carbocycles. The molecule has 0 aromatic heterocycles. The van der Waals surface area contributed by atoms with Gasteiger partial charge in [0.2, 0.25) is 0 Å². The maximum absolute atomic E-state index is 12.2. The van der Waals surface area contributed by atoms with E-state index in [2.05, 4.69) is 39.2 Å². The van der Waals surface area contributed by atoms with E-state index in [0.717, 1.165) is 32.5 Å². The van der Waals surface area contributed by atoms with Gasteiger partial charge in [0.05, 0.1) is 12.7 Å². The number of nitrogens with one attached hydrogen (secondary N) is 1. The summed E-state index contributed by atoms with van der Waals surface area (Å²) in [5, 5.41) is 2.94. The van der Waals surface area contributed by atoms with Gasteiger partial charge in [-0.25, -0.2) is 4.79 Å². The van der Waals surface area contributed by atoms with Crippen molar-refractivity contribution in [3.05, 3.63) is 70.8 Å². The number of ether oxygens (including phenoxy) is 1. The van der Waals surface area contributed by atoms with Crippen molar-refractivity contribution in [2.45, 2.75) is 19.4 Å². The van der Waals surface area contributed by atoms with Gasteiger partial charge in [0.1, 0.15) is 0 Å². The Labute approximate surface area is 154 Å². The van der Waals surface area contributed by atoms with Crippen molar-refractivity contribution in [3.63, 3.8) is 0 Å². The Morgan fingerprint density at radius 1 is 1.04 bits per heavy atom. The third kappa shape index (κ3) is 4.49. The number of carbonyl (C=O) groups is 2. The third-order valence-electron chi connectivity index (χ3n) is 4.71. The predicted molar refractivity (Wildman–Crippen MR) is 100 cm³/mol. The molecule has 0 saturated heterocycles. The number of hydrogen-bond acceptors (Lipinski definition) is 4. The summed E-state index contributed by atoms with van der Waals surface area (Å²) in [5.74, 6) is -0.523. The topological polar surface area (TPSA) is 58.6 Å². The zero-order chi connectivity index (χ0) is 18.4. The van der Waals surface area contributed by atoms with Crippen LogP contribution in [0.15, 0.2) is 48.5 Å². The van der Waals surface area contributed by atoms with Gasteiger partial charge >= 0.3 is 5.97 Å². The number of carbonyl (C=O) groups excluding carboxylic acids is 2. The van der Waals surface area contributed by atoms with Crippen LogP contribution in [0.1, 0.15) is 38.3 Å². The molecule has 1 aliphatic rings. The summed E-state index contributed by atoms with van der Waals surface area (Å²) < 4.78 is 4.65. The lowest BCUT2D eigenvalue weighted by Gasteiger charge is -2.28. The van der Waals surface area contributed by atoms with Crippen LogP contribution in [0.5, 0.6) is 0 Å². The molecule has 5 nitrogen and oxygen atoms in total. The van der Waals surface area contributed by atoms with Crippen LogP contribution in [0.25, 0.3) is 0 Å². The Bertz CT molecular complexity index is 771. The van der Waals surface area contributed by atoms with Gasteiger partial charge in [-0.05, 0) is 48.2 Å². The van der Waals surface area contributed by atoms with Crippen molar-refractivity contribution in [3.8, 4) is 0 Å². The van der Waals surface area contributed by atoms with E-state index in [0.29, 0.717) is 17.7 Å². The Morgan fingerprint density at radius 2 is 1.73 bits per heavy atom. The molecule has 136 valence electrons. The quantitative estimate of drug-likeness (QED) is 0.641. The molecule has 0 bridgehead atoms. The minimum Gasteiger partial charge on any atom is -0.465 e. The highest BCUT2D eigenvalue weighted by Gasteiger charge is 2.15. The average molecular weight is 352 g/mol. The summed E-state index contributed by atoms with van der Waals surface area (Å²) in [7, 11) is 1.34. The molecule has 0 saturated carbocycles. The highest BCUT2D eigenvalue weighted by atomic mass is 16.5. The molecule has 3 rings (SSSR count). The van der Waals surface area contributed by atoms with Crippen LogP contribution < -0.4 is 5.32 Å². The van der Waals surface area contributed by atoms with Gasteiger partial charge in [-0.3, -0.25) is 9.69 Å². The van der Waals surface area contributed by atoms with Crippen molar-refractivity contribution < 1.29 is 14.3 Å². The predicted octanol–water partition coefficient (Wildman–Crippen LogP) is 2.65. The fraction of sp³-hybridized carbons (Fsp3) is 0.333. The van der Waals surface area contributed by atoms with Gasteiger partial charge in [-0.1, -0.05) is 24.3 Å². The molecular formula is C21H24N2O3. The minimum atomic E-state index is -0.403. The number of nitrogens with zero attached hydrogens (tertiary/aromatic N) is 1. The lowest BCUT2D eigenvalue weighted by atomic mass is 10.00. The van der Waals surface area contributed by atoms with E-state index in [1.165, 1.54) is 18.2 Å². The summed E-state index contributed by atoms with van der Waals surface area (Å²) in [5.41, 5.74) is 3.85. The molecule has 0 atom stereocenters. The van der Waals surface area contributed by atoms with Crippen LogP contribution in [0, 0.1) is 0 Å². The van der Waals surface area contributed by atoms with Crippen molar-refractivity contribution in [2.24, 2.45) is 0 Å². The number of benzene rings is 2. The molecule has 0 fully saturated rings. The van der Waals surface area contributed by atoms with E-state index in [9.17, 15) is 9.59 Å². The smallest absolute Gasteiger partial charge is 0.337 e. The van der Waals surface area contributed by atoms with E-state index in [1.54, 1.807) is 24.3 Å². The first-order chi connectivity index (χ1) is 12.7. The molecule has 26 heavy (non-hydrogen) atoms. The van der Waals surface area contributed by atoms with E-state index in [1.807, 2.05) is 0 Å². The first kappa shape index (κ1) is 18.1. The minimum absolute atomic E-state index is 0.120. The standard InChI is InChI=1S/C21H24N2O3/c1-26-21(25)18-9-7-17(8-10-18)20(24)22-12-4-13-23-14-11-16-5-2-3-6-19(16)15-23/h2-3,5-10H,4,11-15H2,1H3,(H,22,24). The summed E-state index contributed by atoms with van der Waals surface area (Å²) in [6.07, 6.45) is 2.00. The van der Waals surface area contributed by atoms with Gasteiger partial charge in [0.15, 0.2) is 0 Å². The van der Waals surface area contributed by atoms with Gasteiger partial charge < -0.3 is 10.1 Å². The van der Waals surface area contributed by atoms with Crippen LogP contribution in [0.3, 0.4) is 0 Å². The van der Waals surface area contributed by atoms with Crippen LogP contribution in [-0.2, 0) is 17.7 Å². The molecule has 0 spiro atoms. The van der Waals surface area contributed by atoms with E-state index in [-0.39, 0.29) is 5.91 Å². The van der Waals surface area contributed by atoms with Crippen LogP contribution in [0.2, 0.25) is 0 Å². The fourth-order valence-electron chi connectivity index (χ4n) is 3.23. The summed E-state index contributed by atoms with van der Waals surface area (Å²) >= 11 is 0. The third-order valence-corrected chi connectivity index (χ3v) is 4.71. The molecule has 1 amide bonds. The van der Waals surface area contributed by atoms with Crippen molar-refractivity contribution in [1.82, 2.24) is 10.2 Å². The molecule has 5 heteroatoms. The summed E-state index contributed by atoms with van der Waals surface area (Å²) in [4.78, 5) is 26.0. The second-order valence-corrected chi connectivity index (χ2v) is 6.47. The maximum atomic E-state index is 12.2. The SMILES string of the molecule is COC(=O)c1ccc(C(=O)NCCCN2CCc3ccccc3C2)cc1. The number of rotatable bonds is 6. The van der Waals surface area contributed by atoms with E-state index < -0.39 is 5.97 Å². The largest absolute Gasteiger partial charge is 0.465 e. The molecule has 1 heterocycles. The van der Waals surface area contributed by atoms with E-state index in [4.69, 9.17) is 0 Å². The number of methoxy groups -OCH3 is 1. The molecule has 1 aliphatic heterocycles. The van der Waals surface area contributed by atoms with Crippen molar-refractivity contribution in [2.75, 3.05) is 26.7 Å². The second-order valence-electron chi connectivity index (χ2n) is 6.47. The van der Waals surface area contributed by atoms with Gasteiger partial charge in [-0.2, -0.15) is 0 Å². The fourth-order valence-corrected chi connectivity index (χ4v) is 3.23. The van der Waals surface area contributed by atoms with Gasteiger partial charge in [-0.15, -0.1) is 0 Å². The monoisotopic (exact) mass is 352 g/mol. The maximum Gasteiger partial charge on any atom is 0.337 e. The molecular weight excluding hydrogens is 328 g/mol. The Balaban J connectivity index is 1.41. The molecule has 2 aromatic rings. The summed E-state index contributed by atoms with van der Waals surface area (Å²) in [6, 6.07) is 15.1. The molecule has 0 aliphatic carbocycles. The number of esters is 1. The highest BCUT2D eigenvalue weighted by molar-refractivity contribution is 5.96. The average Bonchev–Trinajstić information content (AvgIpc) is 2.70. The van der Waals surface area contributed by atoms with Gasteiger partial charge in [0.25, 0.3) is 5.91 Å².